The molecule has 3 aromatic carbocycles. The zero-order valence-corrected chi connectivity index (χ0v) is 26.8. The van der Waals surface area contributed by atoms with Gasteiger partial charge in [-0.1, -0.05) is 65.3 Å². The van der Waals surface area contributed by atoms with Crippen LogP contribution in [-0.2, 0) is 32.6 Å². The smallest absolute Gasteiger partial charge is 0.271 e. The van der Waals surface area contributed by atoms with E-state index in [9.17, 15) is 28.1 Å². The number of nitrogens with zero attached hydrogens (tertiary/aromatic N) is 3. The van der Waals surface area contributed by atoms with Gasteiger partial charge in [0.15, 0.2) is 0 Å². The van der Waals surface area contributed by atoms with Gasteiger partial charge in [-0.05, 0) is 42.7 Å². The zero-order chi connectivity index (χ0) is 31.7. The number of rotatable bonds is 14. The van der Waals surface area contributed by atoms with E-state index in [1.54, 1.807) is 24.3 Å². The number of amides is 2. The van der Waals surface area contributed by atoms with Crippen molar-refractivity contribution in [3.8, 4) is 5.75 Å². The predicted molar refractivity (Wildman–Crippen MR) is 168 cm³/mol. The number of nitro benzene ring substituents is 1. The van der Waals surface area contributed by atoms with Crippen molar-refractivity contribution in [3.05, 3.63) is 98.5 Å². The van der Waals surface area contributed by atoms with Crippen LogP contribution in [0.2, 0.25) is 0 Å². The van der Waals surface area contributed by atoms with E-state index in [2.05, 4.69) is 21.2 Å². The summed E-state index contributed by atoms with van der Waals surface area (Å²) in [5.41, 5.74) is 0.976. The third-order valence-corrected chi connectivity index (χ3v) is 8.51. The molecule has 0 aliphatic heterocycles. The van der Waals surface area contributed by atoms with Crippen LogP contribution in [0.1, 0.15) is 31.4 Å². The first-order valence-corrected chi connectivity index (χ1v) is 16.2. The fraction of sp³-hybridized carbons (Fsp3) is 0.333. The first-order valence-electron chi connectivity index (χ1n) is 13.5. The Morgan fingerprint density at radius 3 is 2.26 bits per heavy atom. The molecule has 43 heavy (non-hydrogen) atoms. The van der Waals surface area contributed by atoms with Crippen molar-refractivity contribution in [1.82, 2.24) is 10.2 Å². The number of ether oxygens (including phenoxy) is 1. The summed E-state index contributed by atoms with van der Waals surface area (Å²) in [6, 6.07) is 18.8. The van der Waals surface area contributed by atoms with Crippen LogP contribution in [0.15, 0.2) is 77.3 Å². The van der Waals surface area contributed by atoms with Crippen LogP contribution in [0.25, 0.3) is 0 Å². The molecule has 0 heterocycles. The van der Waals surface area contributed by atoms with Crippen LogP contribution < -0.4 is 14.4 Å². The van der Waals surface area contributed by atoms with Gasteiger partial charge < -0.3 is 15.0 Å². The Morgan fingerprint density at radius 2 is 1.70 bits per heavy atom. The van der Waals surface area contributed by atoms with Gasteiger partial charge in [-0.25, -0.2) is 8.42 Å². The van der Waals surface area contributed by atoms with E-state index >= 15 is 0 Å². The Hall–Kier alpha value is -3.97. The molecule has 2 amide bonds. The van der Waals surface area contributed by atoms with E-state index in [-0.39, 0.29) is 42.0 Å². The summed E-state index contributed by atoms with van der Waals surface area (Å²) in [6.45, 7) is 3.06. The molecule has 0 unspecified atom stereocenters. The molecule has 230 valence electrons. The normalized spacial score (nSPS) is 12.6. The Labute approximate surface area is 260 Å². The van der Waals surface area contributed by atoms with Gasteiger partial charge in [-0.2, -0.15) is 0 Å². The van der Waals surface area contributed by atoms with E-state index < -0.39 is 33.4 Å². The first-order chi connectivity index (χ1) is 20.3. The highest BCUT2D eigenvalue weighted by molar-refractivity contribution is 9.10. The van der Waals surface area contributed by atoms with Gasteiger partial charge in [-0.3, -0.25) is 24.0 Å². The molecule has 0 fully saturated rings. The Bertz CT molecular complexity index is 1540. The topological polar surface area (TPSA) is 139 Å². The number of sulfonamides is 1. The largest absolute Gasteiger partial charge is 0.495 e. The molecule has 0 radical (unpaired) electrons. The van der Waals surface area contributed by atoms with E-state index in [0.29, 0.717) is 12.0 Å². The highest BCUT2D eigenvalue weighted by Gasteiger charge is 2.34. The second-order valence-electron chi connectivity index (χ2n) is 10.1. The molecule has 0 saturated carbocycles. The third kappa shape index (κ3) is 9.26. The van der Waals surface area contributed by atoms with E-state index in [0.717, 1.165) is 26.7 Å². The second kappa shape index (κ2) is 15.0. The van der Waals surface area contributed by atoms with Crippen LogP contribution in [0.4, 0.5) is 11.4 Å². The highest BCUT2D eigenvalue weighted by atomic mass is 79.9. The molecule has 1 N–H and O–H groups in total. The van der Waals surface area contributed by atoms with Crippen LogP contribution >= 0.6 is 15.9 Å². The molecule has 11 nitrogen and oxygen atoms in total. The van der Waals surface area contributed by atoms with Gasteiger partial charge in [0.05, 0.1) is 18.3 Å². The number of nitrogens with one attached hydrogen (secondary N) is 1. The number of non-ortho nitro benzene ring substituents is 1. The Morgan fingerprint density at radius 1 is 1.05 bits per heavy atom. The molecule has 3 rings (SSSR count). The lowest BCUT2D eigenvalue weighted by Crippen LogP contribution is -2.54. The molecule has 0 aromatic heterocycles. The van der Waals surface area contributed by atoms with Crippen LogP contribution in [-0.4, -0.2) is 62.0 Å². The highest BCUT2D eigenvalue weighted by Crippen LogP contribution is 2.34. The maximum Gasteiger partial charge on any atom is 0.271 e. The van der Waals surface area contributed by atoms with Crippen molar-refractivity contribution >= 4 is 49.1 Å². The summed E-state index contributed by atoms with van der Waals surface area (Å²) < 4.78 is 33.0. The van der Waals surface area contributed by atoms with Crippen LogP contribution in [0.3, 0.4) is 0 Å². The van der Waals surface area contributed by atoms with Gasteiger partial charge in [0.25, 0.3) is 5.69 Å². The SMILES string of the molecule is CC[C@H](C)NC(=O)[C@@H](Cc1ccccc1)N(Cc1ccc(Br)cc1)C(=O)CN(c1cc([N+](=O)[O-])ccc1OC)S(C)(=O)=O. The molecule has 0 aliphatic rings. The average Bonchev–Trinajstić information content (AvgIpc) is 2.97. The summed E-state index contributed by atoms with van der Waals surface area (Å²) >= 11 is 3.40. The number of nitro groups is 1. The molecule has 0 saturated heterocycles. The molecule has 0 bridgehead atoms. The molecule has 0 aliphatic carbocycles. The van der Waals surface area contributed by atoms with E-state index in [1.165, 1.54) is 24.1 Å². The number of benzene rings is 3. The summed E-state index contributed by atoms with van der Waals surface area (Å²) in [6.07, 6.45) is 1.73. The van der Waals surface area contributed by atoms with Crippen molar-refractivity contribution in [2.24, 2.45) is 0 Å². The van der Waals surface area contributed by atoms with E-state index in [4.69, 9.17) is 4.74 Å². The van der Waals surface area contributed by atoms with Gasteiger partial charge in [0.1, 0.15) is 24.0 Å². The number of hydrogen-bond acceptors (Lipinski definition) is 7. The fourth-order valence-corrected chi connectivity index (χ4v) is 5.47. The fourth-order valence-electron chi connectivity index (χ4n) is 4.36. The zero-order valence-electron chi connectivity index (χ0n) is 24.4. The number of methoxy groups -OCH3 is 1. The lowest BCUT2D eigenvalue weighted by molar-refractivity contribution is -0.384. The maximum atomic E-state index is 14.2. The minimum Gasteiger partial charge on any atom is -0.495 e. The average molecular weight is 676 g/mol. The van der Waals surface area contributed by atoms with Crippen molar-refractivity contribution in [3.63, 3.8) is 0 Å². The summed E-state index contributed by atoms with van der Waals surface area (Å²) in [5, 5.41) is 14.5. The molecule has 3 aromatic rings. The number of anilines is 1. The van der Waals surface area contributed by atoms with Crippen LogP contribution in [0, 0.1) is 10.1 Å². The molecular weight excluding hydrogens is 640 g/mol. The minimum atomic E-state index is -4.15. The maximum absolute atomic E-state index is 14.2. The monoisotopic (exact) mass is 674 g/mol. The standard InChI is InChI=1S/C30H35BrN4O7S/c1-5-21(2)32-30(37)27(17-22-9-7-6-8-10-22)33(19-23-11-13-24(31)14-12-23)29(36)20-34(43(4,40)41)26-18-25(35(38)39)15-16-28(26)42-3/h6-16,18,21,27H,5,17,19-20H2,1-4H3,(H,32,37)/t21-,27+/m0/s1. The van der Waals surface area contributed by atoms with Gasteiger partial charge >= 0.3 is 0 Å². The van der Waals surface area contributed by atoms with Crippen molar-refractivity contribution in [1.29, 1.82) is 0 Å². The molecule has 0 spiro atoms. The summed E-state index contributed by atoms with van der Waals surface area (Å²) in [5.74, 6) is -1.04. The summed E-state index contributed by atoms with van der Waals surface area (Å²) in [4.78, 5) is 40.1. The van der Waals surface area contributed by atoms with Gasteiger partial charge in [0.2, 0.25) is 21.8 Å². The predicted octanol–water partition coefficient (Wildman–Crippen LogP) is 4.69. The van der Waals surface area contributed by atoms with Crippen molar-refractivity contribution < 1.29 is 27.7 Å². The van der Waals surface area contributed by atoms with Crippen LogP contribution in [0.5, 0.6) is 5.75 Å². The second-order valence-corrected chi connectivity index (χ2v) is 12.9. The van der Waals surface area contributed by atoms with Gasteiger partial charge in [0, 0.05) is 35.6 Å². The van der Waals surface area contributed by atoms with E-state index in [1.807, 2.05) is 44.2 Å². The minimum absolute atomic E-state index is 0.00120. The molecule has 2 atom stereocenters. The lowest BCUT2D eigenvalue weighted by Gasteiger charge is -2.34. The van der Waals surface area contributed by atoms with Crippen molar-refractivity contribution in [2.45, 2.75) is 45.3 Å². The number of halogens is 1. The van der Waals surface area contributed by atoms with Gasteiger partial charge in [-0.15, -0.1) is 0 Å². The third-order valence-electron chi connectivity index (χ3n) is 6.86. The van der Waals surface area contributed by atoms with Crippen molar-refractivity contribution in [2.75, 3.05) is 24.2 Å². The number of carbonyl (C=O) groups excluding carboxylic acids is 2. The quantitative estimate of drug-likeness (QED) is 0.193. The Balaban J connectivity index is 2.13. The number of carbonyl (C=O) groups is 2. The number of hydrogen-bond donors (Lipinski definition) is 1. The molecule has 13 heteroatoms. The molecular formula is C30H35BrN4O7S. The summed E-state index contributed by atoms with van der Waals surface area (Å²) in [7, 11) is -2.86. The lowest BCUT2D eigenvalue weighted by atomic mass is 10.0. The first kappa shape index (κ1) is 33.5. The Kier molecular flexibility index (Phi) is 11.7.